The molecule has 2 N–H and O–H groups in total. The molecule has 4 nitrogen and oxygen atoms in total. The van der Waals surface area contributed by atoms with Crippen molar-refractivity contribution in [1.29, 1.82) is 0 Å². The van der Waals surface area contributed by atoms with Crippen molar-refractivity contribution in [2.24, 2.45) is 5.92 Å². The summed E-state index contributed by atoms with van der Waals surface area (Å²) < 4.78 is 5.80. The van der Waals surface area contributed by atoms with Crippen LogP contribution in [-0.4, -0.2) is 22.7 Å². The third-order valence-corrected chi connectivity index (χ3v) is 4.95. The van der Waals surface area contributed by atoms with Gasteiger partial charge >= 0.3 is 5.97 Å². The van der Waals surface area contributed by atoms with E-state index in [1.165, 1.54) is 38.5 Å². The molecule has 5 heteroatoms. The van der Waals surface area contributed by atoms with Crippen molar-refractivity contribution in [3.8, 4) is 5.75 Å². The maximum atomic E-state index is 10.5. The topological polar surface area (TPSA) is 58.6 Å². The first-order chi connectivity index (χ1) is 13.5. The summed E-state index contributed by atoms with van der Waals surface area (Å²) >= 11 is 5.49. The minimum atomic E-state index is -0.761. The summed E-state index contributed by atoms with van der Waals surface area (Å²) in [6.07, 6.45) is 11.4. The molecule has 0 aliphatic heterocycles. The largest absolute Gasteiger partial charge is 0.491 e. The van der Waals surface area contributed by atoms with Gasteiger partial charge in [0.25, 0.3) is 0 Å². The number of ether oxygens (including phenoxy) is 1. The van der Waals surface area contributed by atoms with E-state index in [0.717, 1.165) is 41.6 Å². The van der Waals surface area contributed by atoms with E-state index in [9.17, 15) is 4.79 Å². The second kappa shape index (κ2) is 15.3. The molecule has 0 spiro atoms. The first-order valence-corrected chi connectivity index (χ1v) is 11.1. The molecule has 0 atom stereocenters. The Morgan fingerprint density at radius 3 is 2.36 bits per heavy atom. The first-order valence-electron chi connectivity index (χ1n) is 10.7. The minimum Gasteiger partial charge on any atom is -0.491 e. The fourth-order valence-electron chi connectivity index (χ4n) is 3.01. The van der Waals surface area contributed by atoms with Crippen LogP contribution in [0.2, 0.25) is 0 Å². The van der Waals surface area contributed by atoms with Gasteiger partial charge in [0.15, 0.2) is 0 Å². The van der Waals surface area contributed by atoms with Crippen LogP contribution in [0.5, 0.6) is 5.75 Å². The van der Waals surface area contributed by atoms with Crippen molar-refractivity contribution in [3.63, 3.8) is 0 Å². The Morgan fingerprint density at radius 2 is 1.64 bits per heavy atom. The van der Waals surface area contributed by atoms with Crippen molar-refractivity contribution in [2.45, 2.75) is 84.5 Å². The molecular formula is C23H37NO3S. The van der Waals surface area contributed by atoms with Crippen LogP contribution in [0.25, 0.3) is 0 Å². The molecule has 0 bridgehead atoms. The van der Waals surface area contributed by atoms with E-state index in [-0.39, 0.29) is 6.42 Å². The summed E-state index contributed by atoms with van der Waals surface area (Å²) in [6, 6.07) is 7.77. The van der Waals surface area contributed by atoms with Crippen LogP contribution in [0.4, 0.5) is 5.69 Å². The molecule has 0 fully saturated rings. The van der Waals surface area contributed by atoms with E-state index in [1.54, 1.807) is 0 Å². The highest BCUT2D eigenvalue weighted by Gasteiger charge is 2.06. The van der Waals surface area contributed by atoms with Crippen molar-refractivity contribution < 1.29 is 14.6 Å². The molecule has 28 heavy (non-hydrogen) atoms. The molecule has 0 radical (unpaired) electrons. The second-order valence-corrected chi connectivity index (χ2v) is 8.29. The first kappa shape index (κ1) is 24.4. The molecule has 158 valence electrons. The molecule has 0 aliphatic carbocycles. The molecular weight excluding hydrogens is 370 g/mol. The maximum Gasteiger partial charge on any atom is 0.303 e. The van der Waals surface area contributed by atoms with E-state index < -0.39 is 5.97 Å². The van der Waals surface area contributed by atoms with Crippen LogP contribution < -0.4 is 10.1 Å². The molecule has 1 rings (SSSR count). The number of anilines is 1. The zero-order valence-corrected chi connectivity index (χ0v) is 18.4. The van der Waals surface area contributed by atoms with Crippen LogP contribution in [0.3, 0.4) is 0 Å². The molecule has 0 amide bonds. The second-order valence-electron chi connectivity index (χ2n) is 7.80. The van der Waals surface area contributed by atoms with Gasteiger partial charge < -0.3 is 15.2 Å². The van der Waals surface area contributed by atoms with Crippen LogP contribution in [0.1, 0.15) is 84.5 Å². The lowest BCUT2D eigenvalue weighted by atomic mass is 10.0. The molecule has 1 aromatic rings. The molecule has 1 aromatic carbocycles. The number of unbranched alkanes of at least 4 members (excludes halogenated alkanes) is 6. The third-order valence-electron chi connectivity index (χ3n) is 4.64. The molecule has 0 aliphatic rings. The Kier molecular flexibility index (Phi) is 13.4. The van der Waals surface area contributed by atoms with Crippen molar-refractivity contribution in [3.05, 3.63) is 24.3 Å². The predicted octanol–water partition coefficient (Wildman–Crippen LogP) is 6.84. The normalized spacial score (nSPS) is 10.8. The highest BCUT2D eigenvalue weighted by atomic mass is 32.1. The van der Waals surface area contributed by atoms with Gasteiger partial charge in [0.2, 0.25) is 0 Å². The van der Waals surface area contributed by atoms with Crippen molar-refractivity contribution >= 4 is 28.9 Å². The zero-order valence-electron chi connectivity index (χ0n) is 17.5. The number of carbonyl (C=O) groups is 1. The van der Waals surface area contributed by atoms with Gasteiger partial charge in [-0.05, 0) is 43.7 Å². The number of nitrogens with one attached hydrogen (secondary N) is 1. The number of carboxylic acid groups (broad SMARTS) is 1. The Bertz CT molecular complexity index is 575. The van der Waals surface area contributed by atoms with E-state index in [2.05, 4.69) is 19.2 Å². The number of thiocarbonyl (C=S) groups is 1. The number of aliphatic carboxylic acids is 1. The molecule has 0 heterocycles. The third kappa shape index (κ3) is 12.7. The summed E-state index contributed by atoms with van der Waals surface area (Å²) in [7, 11) is 0. The number of benzene rings is 1. The lowest BCUT2D eigenvalue weighted by Gasteiger charge is -2.14. The highest BCUT2D eigenvalue weighted by Crippen LogP contribution is 2.24. The van der Waals surface area contributed by atoms with E-state index in [1.807, 2.05) is 24.3 Å². The molecule has 0 saturated carbocycles. The van der Waals surface area contributed by atoms with Gasteiger partial charge in [0, 0.05) is 6.42 Å². The van der Waals surface area contributed by atoms with Crippen LogP contribution in [0, 0.1) is 5.92 Å². The molecule has 0 unspecified atom stereocenters. The van der Waals surface area contributed by atoms with E-state index in [0.29, 0.717) is 13.0 Å². The standard InChI is InChI=1S/C23H37NO3S/c1-19(2)13-7-5-3-4-6-8-16-22(28)24-20-14-9-10-15-21(20)27-18-12-11-17-23(25)26/h9-10,14-15,19H,3-8,11-13,16-18H2,1-2H3,(H,24,28)(H,25,26). The smallest absolute Gasteiger partial charge is 0.303 e. The molecule has 0 saturated heterocycles. The fraction of sp³-hybridized carbons (Fsp3) is 0.652. The number of hydrogen-bond acceptors (Lipinski definition) is 3. The van der Waals surface area contributed by atoms with Gasteiger partial charge in [0.1, 0.15) is 5.75 Å². The molecule has 0 aromatic heterocycles. The summed E-state index contributed by atoms with van der Waals surface area (Å²) in [5.41, 5.74) is 0.888. The van der Waals surface area contributed by atoms with Crippen LogP contribution in [-0.2, 0) is 4.79 Å². The Hall–Kier alpha value is -1.62. The van der Waals surface area contributed by atoms with E-state index >= 15 is 0 Å². The number of carboxylic acids is 1. The number of rotatable bonds is 16. The van der Waals surface area contributed by atoms with Gasteiger partial charge in [0.05, 0.1) is 17.3 Å². The van der Waals surface area contributed by atoms with Crippen LogP contribution >= 0.6 is 12.2 Å². The summed E-state index contributed by atoms with van der Waals surface area (Å²) in [5.74, 6) is 0.827. The quantitative estimate of drug-likeness (QED) is 0.232. The van der Waals surface area contributed by atoms with Crippen molar-refractivity contribution in [1.82, 2.24) is 0 Å². The Morgan fingerprint density at radius 1 is 1.00 bits per heavy atom. The van der Waals surface area contributed by atoms with Gasteiger partial charge in [-0.1, -0.05) is 76.7 Å². The monoisotopic (exact) mass is 407 g/mol. The SMILES string of the molecule is CC(C)CCCCCCCCC(=S)Nc1ccccc1OCCCCC(=O)O. The predicted molar refractivity (Wildman–Crippen MR) is 121 cm³/mol. The van der Waals surface area contributed by atoms with Crippen LogP contribution in [0.15, 0.2) is 24.3 Å². The fourth-order valence-corrected chi connectivity index (χ4v) is 3.27. The summed E-state index contributed by atoms with van der Waals surface area (Å²) in [6.45, 7) is 5.09. The highest BCUT2D eigenvalue weighted by molar-refractivity contribution is 7.80. The van der Waals surface area contributed by atoms with Gasteiger partial charge in [-0.25, -0.2) is 0 Å². The van der Waals surface area contributed by atoms with Gasteiger partial charge in [-0.15, -0.1) is 0 Å². The Labute approximate surface area is 176 Å². The van der Waals surface area contributed by atoms with Gasteiger partial charge in [-0.2, -0.15) is 0 Å². The summed E-state index contributed by atoms with van der Waals surface area (Å²) in [4.78, 5) is 11.4. The van der Waals surface area contributed by atoms with E-state index in [4.69, 9.17) is 22.1 Å². The average molecular weight is 408 g/mol. The maximum absolute atomic E-state index is 10.5. The zero-order chi connectivity index (χ0) is 20.6. The van der Waals surface area contributed by atoms with Gasteiger partial charge in [-0.3, -0.25) is 4.79 Å². The lowest BCUT2D eigenvalue weighted by Crippen LogP contribution is -2.10. The number of hydrogen-bond donors (Lipinski definition) is 2. The summed E-state index contributed by atoms with van der Waals surface area (Å²) in [5, 5.41) is 12.0. The number of para-hydroxylation sites is 2. The minimum absolute atomic E-state index is 0.186. The Balaban J connectivity index is 2.20. The van der Waals surface area contributed by atoms with Crippen molar-refractivity contribution in [2.75, 3.05) is 11.9 Å². The average Bonchev–Trinajstić information content (AvgIpc) is 2.64. The lowest BCUT2D eigenvalue weighted by molar-refractivity contribution is -0.137.